The Labute approximate surface area is 111 Å². The van der Waals surface area contributed by atoms with Gasteiger partial charge in [-0.1, -0.05) is 17.7 Å². The van der Waals surface area contributed by atoms with Gasteiger partial charge in [0.2, 0.25) is 5.89 Å². The molecule has 2 aromatic heterocycles. The predicted molar refractivity (Wildman–Crippen MR) is 72.7 cm³/mol. The summed E-state index contributed by atoms with van der Waals surface area (Å²) in [7, 11) is 0. The Kier molecular flexibility index (Phi) is 2.91. The van der Waals surface area contributed by atoms with Crippen molar-refractivity contribution in [3.8, 4) is 11.5 Å². The van der Waals surface area contributed by atoms with E-state index in [-0.39, 0.29) is 0 Å². The number of hydrogen-bond donors (Lipinski definition) is 0. The largest absolute Gasteiger partial charge is 0.444 e. The summed E-state index contributed by atoms with van der Waals surface area (Å²) in [4.78, 5) is 8.54. The van der Waals surface area contributed by atoms with Crippen molar-refractivity contribution in [2.75, 3.05) is 0 Å². The molecule has 2 heterocycles. The van der Waals surface area contributed by atoms with Crippen LogP contribution in [0.15, 0.2) is 47.6 Å². The van der Waals surface area contributed by atoms with Gasteiger partial charge in [0, 0.05) is 18.0 Å². The molecule has 0 aliphatic heterocycles. The van der Waals surface area contributed by atoms with Gasteiger partial charge in [0.15, 0.2) is 0 Å². The first-order valence-electron chi connectivity index (χ1n) is 6.20. The van der Waals surface area contributed by atoms with Crippen molar-refractivity contribution in [2.24, 2.45) is 0 Å². The molecule has 0 aliphatic rings. The number of rotatable bonds is 3. The fourth-order valence-electron chi connectivity index (χ4n) is 2.12. The molecule has 0 amide bonds. The van der Waals surface area contributed by atoms with Gasteiger partial charge in [-0.2, -0.15) is 0 Å². The van der Waals surface area contributed by atoms with Crippen molar-refractivity contribution >= 4 is 0 Å². The maximum Gasteiger partial charge on any atom is 0.226 e. The highest BCUT2D eigenvalue weighted by molar-refractivity contribution is 5.59. The summed E-state index contributed by atoms with van der Waals surface area (Å²) in [6, 6.07) is 6.26. The highest BCUT2D eigenvalue weighted by atomic mass is 16.3. The van der Waals surface area contributed by atoms with E-state index >= 15 is 0 Å². The minimum absolute atomic E-state index is 0.674. The van der Waals surface area contributed by atoms with Gasteiger partial charge < -0.3 is 8.98 Å². The Hall–Kier alpha value is -2.36. The Morgan fingerprint density at radius 1 is 1.26 bits per heavy atom. The zero-order valence-electron chi connectivity index (χ0n) is 11.0. The van der Waals surface area contributed by atoms with E-state index < -0.39 is 0 Å². The summed E-state index contributed by atoms with van der Waals surface area (Å²) in [6.07, 6.45) is 7.14. The van der Waals surface area contributed by atoms with E-state index in [4.69, 9.17) is 4.42 Å². The fourth-order valence-corrected chi connectivity index (χ4v) is 2.12. The summed E-state index contributed by atoms with van der Waals surface area (Å²) in [5.41, 5.74) is 4.36. The SMILES string of the molecule is Cc1ccc(-c2nc(Cn3ccnc3)co2)c(C)c1. The molecular formula is C15H15N3O. The molecule has 0 atom stereocenters. The second-order valence-corrected chi connectivity index (χ2v) is 4.70. The quantitative estimate of drug-likeness (QED) is 0.720. The number of nitrogens with zero attached hydrogens (tertiary/aromatic N) is 3. The van der Waals surface area contributed by atoms with Gasteiger partial charge in [-0.05, 0) is 25.5 Å². The minimum atomic E-state index is 0.674. The van der Waals surface area contributed by atoms with Crippen molar-refractivity contribution in [2.45, 2.75) is 20.4 Å². The van der Waals surface area contributed by atoms with Crippen molar-refractivity contribution in [3.05, 3.63) is 60.0 Å². The van der Waals surface area contributed by atoms with Gasteiger partial charge in [0.05, 0.1) is 18.6 Å². The Balaban J connectivity index is 1.88. The van der Waals surface area contributed by atoms with Crippen molar-refractivity contribution < 1.29 is 4.42 Å². The third-order valence-corrected chi connectivity index (χ3v) is 3.07. The van der Waals surface area contributed by atoms with E-state index in [1.807, 2.05) is 10.8 Å². The van der Waals surface area contributed by atoms with Gasteiger partial charge in [0.25, 0.3) is 0 Å². The smallest absolute Gasteiger partial charge is 0.226 e. The van der Waals surface area contributed by atoms with Crippen LogP contribution in [0.2, 0.25) is 0 Å². The molecule has 0 saturated heterocycles. The van der Waals surface area contributed by atoms with Crippen molar-refractivity contribution in [3.63, 3.8) is 0 Å². The fraction of sp³-hybridized carbons (Fsp3) is 0.200. The van der Waals surface area contributed by atoms with Gasteiger partial charge in [0.1, 0.15) is 6.26 Å². The maximum absolute atomic E-state index is 5.58. The topological polar surface area (TPSA) is 43.9 Å². The number of benzene rings is 1. The molecule has 19 heavy (non-hydrogen) atoms. The molecule has 0 saturated carbocycles. The van der Waals surface area contributed by atoms with Crippen LogP contribution in [-0.2, 0) is 6.54 Å². The predicted octanol–water partition coefficient (Wildman–Crippen LogP) is 3.20. The molecule has 0 aliphatic carbocycles. The average molecular weight is 253 g/mol. The van der Waals surface area contributed by atoms with Crippen LogP contribution in [-0.4, -0.2) is 14.5 Å². The molecule has 4 heteroatoms. The lowest BCUT2D eigenvalue weighted by Crippen LogP contribution is -1.96. The van der Waals surface area contributed by atoms with Gasteiger partial charge in [-0.25, -0.2) is 9.97 Å². The summed E-state index contributed by atoms with van der Waals surface area (Å²) in [6.45, 7) is 4.83. The Morgan fingerprint density at radius 3 is 2.89 bits per heavy atom. The molecule has 0 N–H and O–H groups in total. The Bertz CT molecular complexity index is 683. The molecular weight excluding hydrogens is 238 g/mol. The van der Waals surface area contributed by atoms with Crippen LogP contribution in [0.1, 0.15) is 16.8 Å². The average Bonchev–Trinajstić information content (AvgIpc) is 3.01. The third-order valence-electron chi connectivity index (χ3n) is 3.07. The monoisotopic (exact) mass is 253 g/mol. The van der Waals surface area contributed by atoms with E-state index in [0.717, 1.165) is 11.3 Å². The molecule has 0 spiro atoms. The molecule has 3 rings (SSSR count). The molecule has 96 valence electrons. The summed E-state index contributed by atoms with van der Waals surface area (Å²) in [5.74, 6) is 0.674. The molecule has 0 bridgehead atoms. The Morgan fingerprint density at radius 2 is 2.16 bits per heavy atom. The van der Waals surface area contributed by atoms with Crippen LogP contribution in [0.3, 0.4) is 0 Å². The lowest BCUT2D eigenvalue weighted by Gasteiger charge is -2.02. The second-order valence-electron chi connectivity index (χ2n) is 4.70. The van der Waals surface area contributed by atoms with Gasteiger partial charge in [-0.3, -0.25) is 0 Å². The van der Waals surface area contributed by atoms with Crippen molar-refractivity contribution in [1.29, 1.82) is 0 Å². The van der Waals surface area contributed by atoms with E-state index in [2.05, 4.69) is 42.0 Å². The summed E-state index contributed by atoms with van der Waals surface area (Å²) >= 11 is 0. The van der Waals surface area contributed by atoms with Gasteiger partial charge >= 0.3 is 0 Å². The lowest BCUT2D eigenvalue weighted by molar-refractivity contribution is 0.571. The van der Waals surface area contributed by atoms with E-state index in [1.165, 1.54) is 11.1 Å². The lowest BCUT2D eigenvalue weighted by atomic mass is 10.1. The molecule has 1 aromatic carbocycles. The molecule has 0 radical (unpaired) electrons. The normalized spacial score (nSPS) is 10.8. The first-order chi connectivity index (χ1) is 9.22. The summed E-state index contributed by atoms with van der Waals surface area (Å²) < 4.78 is 7.54. The molecule has 0 fully saturated rings. The highest BCUT2D eigenvalue weighted by Gasteiger charge is 2.09. The number of aromatic nitrogens is 3. The zero-order chi connectivity index (χ0) is 13.2. The number of imidazole rings is 1. The van der Waals surface area contributed by atoms with E-state index in [0.29, 0.717) is 12.4 Å². The first kappa shape index (κ1) is 11.7. The van der Waals surface area contributed by atoms with Crippen LogP contribution in [0.5, 0.6) is 0 Å². The van der Waals surface area contributed by atoms with Gasteiger partial charge in [-0.15, -0.1) is 0 Å². The molecule has 0 unspecified atom stereocenters. The molecule has 4 nitrogen and oxygen atoms in total. The number of hydrogen-bond acceptors (Lipinski definition) is 3. The first-order valence-corrected chi connectivity index (χ1v) is 6.20. The number of aryl methyl sites for hydroxylation is 2. The third kappa shape index (κ3) is 2.42. The van der Waals surface area contributed by atoms with Crippen LogP contribution in [0.25, 0.3) is 11.5 Å². The maximum atomic E-state index is 5.58. The zero-order valence-corrected chi connectivity index (χ0v) is 11.0. The van der Waals surface area contributed by atoms with E-state index in [9.17, 15) is 0 Å². The highest BCUT2D eigenvalue weighted by Crippen LogP contribution is 2.23. The standard InChI is InChI=1S/C15H15N3O/c1-11-3-4-14(12(2)7-11)15-17-13(9-19-15)8-18-6-5-16-10-18/h3-7,9-10H,8H2,1-2H3. The molecule has 3 aromatic rings. The summed E-state index contributed by atoms with van der Waals surface area (Å²) in [5, 5.41) is 0. The van der Waals surface area contributed by atoms with Crippen molar-refractivity contribution in [1.82, 2.24) is 14.5 Å². The number of oxazole rings is 1. The van der Waals surface area contributed by atoms with Crippen LogP contribution in [0.4, 0.5) is 0 Å². The second kappa shape index (κ2) is 4.72. The van der Waals surface area contributed by atoms with E-state index in [1.54, 1.807) is 18.8 Å². The minimum Gasteiger partial charge on any atom is -0.444 e. The van der Waals surface area contributed by atoms with Crippen LogP contribution < -0.4 is 0 Å². The van der Waals surface area contributed by atoms with Crippen LogP contribution in [0, 0.1) is 13.8 Å². The van der Waals surface area contributed by atoms with Crippen LogP contribution >= 0.6 is 0 Å².